The summed E-state index contributed by atoms with van der Waals surface area (Å²) in [6.45, 7) is 2.53. The van der Waals surface area contributed by atoms with Gasteiger partial charge in [0.1, 0.15) is 5.15 Å². The van der Waals surface area contributed by atoms with E-state index in [2.05, 4.69) is 25.6 Å². The molecule has 6 nitrogen and oxygen atoms in total. The summed E-state index contributed by atoms with van der Waals surface area (Å²) in [6.07, 6.45) is 1.67. The molecule has 0 saturated carbocycles. The van der Waals surface area contributed by atoms with Crippen LogP contribution in [0.4, 0.5) is 5.95 Å². The maximum Gasteiger partial charge on any atom is 0.222 e. The van der Waals surface area contributed by atoms with Gasteiger partial charge in [-0.05, 0) is 24.6 Å². The lowest BCUT2D eigenvalue weighted by molar-refractivity contribution is 0.680. The fraction of sp³-hybridized carbons (Fsp3) is 0.105. The van der Waals surface area contributed by atoms with Crippen LogP contribution in [-0.2, 0) is 6.54 Å². The van der Waals surface area contributed by atoms with Crippen LogP contribution in [0.5, 0.6) is 0 Å². The van der Waals surface area contributed by atoms with Crippen molar-refractivity contribution in [3.8, 4) is 0 Å². The molecule has 4 aromatic rings. The third-order valence-corrected chi connectivity index (χ3v) is 4.44. The average molecular weight is 365 g/mol. The predicted octanol–water partition coefficient (Wildman–Crippen LogP) is 4.22. The number of aryl methyl sites for hydroxylation is 1. The zero-order valence-corrected chi connectivity index (χ0v) is 14.9. The molecule has 0 aliphatic rings. The Hall–Kier alpha value is -3.12. The quantitative estimate of drug-likeness (QED) is 0.411. The lowest BCUT2D eigenvalue weighted by Crippen LogP contribution is -2.01. The Bertz CT molecular complexity index is 1030. The van der Waals surface area contributed by atoms with Gasteiger partial charge in [0.15, 0.2) is 0 Å². The minimum Gasteiger partial charge on any atom is -0.323 e. The van der Waals surface area contributed by atoms with Crippen LogP contribution in [0.3, 0.4) is 0 Å². The highest BCUT2D eigenvalue weighted by atomic mass is 35.5. The average Bonchev–Trinajstić information content (AvgIpc) is 3.18. The summed E-state index contributed by atoms with van der Waals surface area (Å²) in [5, 5.41) is 9.31. The van der Waals surface area contributed by atoms with Crippen LogP contribution in [0.25, 0.3) is 11.0 Å². The van der Waals surface area contributed by atoms with Crippen LogP contribution in [0.15, 0.2) is 59.7 Å². The Labute approximate surface area is 155 Å². The number of nitrogens with one attached hydrogen (secondary N) is 2. The van der Waals surface area contributed by atoms with E-state index in [1.54, 1.807) is 10.9 Å². The molecular formula is C19H17ClN6. The third kappa shape index (κ3) is 3.32. The molecule has 0 atom stereocenters. The van der Waals surface area contributed by atoms with Crippen LogP contribution in [0, 0.1) is 6.92 Å². The first-order valence-electron chi connectivity index (χ1n) is 8.21. The van der Waals surface area contributed by atoms with E-state index in [1.807, 2.05) is 61.5 Å². The van der Waals surface area contributed by atoms with Gasteiger partial charge in [-0.25, -0.2) is 15.1 Å². The minimum atomic E-state index is 0.557. The van der Waals surface area contributed by atoms with E-state index in [4.69, 9.17) is 11.6 Å². The number of hydrogen-bond donors (Lipinski definition) is 2. The van der Waals surface area contributed by atoms with Crippen molar-refractivity contribution in [2.75, 3.05) is 5.43 Å². The summed E-state index contributed by atoms with van der Waals surface area (Å²) in [4.78, 5) is 7.57. The number of anilines is 1. The lowest BCUT2D eigenvalue weighted by atomic mass is 10.2. The Morgan fingerprint density at radius 2 is 1.92 bits per heavy atom. The highest BCUT2D eigenvalue weighted by molar-refractivity contribution is 6.32. The Morgan fingerprint density at radius 1 is 1.15 bits per heavy atom. The van der Waals surface area contributed by atoms with Crippen LogP contribution in [-0.4, -0.2) is 26.0 Å². The fourth-order valence-corrected chi connectivity index (χ4v) is 3.02. The second kappa shape index (κ2) is 7.01. The molecule has 7 heteroatoms. The molecule has 2 aromatic heterocycles. The van der Waals surface area contributed by atoms with Crippen molar-refractivity contribution in [2.45, 2.75) is 13.5 Å². The molecule has 0 unspecified atom stereocenters. The maximum atomic E-state index is 6.48. The van der Waals surface area contributed by atoms with E-state index in [0.717, 1.165) is 27.9 Å². The topological polar surface area (TPSA) is 70.9 Å². The van der Waals surface area contributed by atoms with Crippen molar-refractivity contribution in [2.24, 2.45) is 5.10 Å². The van der Waals surface area contributed by atoms with Gasteiger partial charge in [-0.2, -0.15) is 10.2 Å². The van der Waals surface area contributed by atoms with Gasteiger partial charge in [0.25, 0.3) is 0 Å². The lowest BCUT2D eigenvalue weighted by Gasteiger charge is -2.03. The summed E-state index contributed by atoms with van der Waals surface area (Å²) < 4.78 is 1.77. The van der Waals surface area contributed by atoms with Crippen LogP contribution >= 0.6 is 11.6 Å². The number of hydrogen-bond acceptors (Lipinski definition) is 4. The van der Waals surface area contributed by atoms with Crippen molar-refractivity contribution >= 4 is 34.8 Å². The van der Waals surface area contributed by atoms with Crippen LogP contribution < -0.4 is 5.43 Å². The number of nitrogens with zero attached hydrogens (tertiary/aromatic N) is 4. The van der Waals surface area contributed by atoms with E-state index in [0.29, 0.717) is 17.6 Å². The number of fused-ring (bicyclic) bond motifs is 1. The SMILES string of the molecule is Cc1nn(Cc2ccccc2)c(Cl)c1/C=N\Nc1nc2ccccc2[nH]1. The fourth-order valence-electron chi connectivity index (χ4n) is 2.74. The number of aromatic nitrogens is 4. The molecule has 0 aliphatic carbocycles. The Balaban J connectivity index is 1.51. The molecule has 26 heavy (non-hydrogen) atoms. The highest BCUT2D eigenvalue weighted by Crippen LogP contribution is 2.19. The first kappa shape index (κ1) is 16.4. The Morgan fingerprint density at radius 3 is 2.73 bits per heavy atom. The normalized spacial score (nSPS) is 11.5. The summed E-state index contributed by atoms with van der Waals surface area (Å²) in [5.41, 5.74) is 7.48. The van der Waals surface area contributed by atoms with Gasteiger partial charge in [0.05, 0.1) is 35.1 Å². The highest BCUT2D eigenvalue weighted by Gasteiger charge is 2.12. The number of para-hydroxylation sites is 2. The molecule has 130 valence electrons. The Kier molecular flexibility index (Phi) is 4.41. The predicted molar refractivity (Wildman–Crippen MR) is 105 cm³/mol. The van der Waals surface area contributed by atoms with E-state index >= 15 is 0 Å². The smallest absolute Gasteiger partial charge is 0.222 e. The van der Waals surface area contributed by atoms with E-state index < -0.39 is 0 Å². The zero-order valence-electron chi connectivity index (χ0n) is 14.1. The first-order chi connectivity index (χ1) is 12.7. The molecule has 0 spiro atoms. The van der Waals surface area contributed by atoms with Gasteiger partial charge in [0.2, 0.25) is 5.95 Å². The maximum absolute atomic E-state index is 6.48. The van der Waals surface area contributed by atoms with E-state index in [1.165, 1.54) is 0 Å². The number of halogens is 1. The molecular weight excluding hydrogens is 348 g/mol. The van der Waals surface area contributed by atoms with Gasteiger partial charge in [0, 0.05) is 0 Å². The number of H-pyrrole nitrogens is 1. The number of aromatic amines is 1. The molecule has 2 heterocycles. The summed E-state index contributed by atoms with van der Waals surface area (Å²) in [5.74, 6) is 0.577. The summed E-state index contributed by atoms with van der Waals surface area (Å²) in [7, 11) is 0. The molecule has 0 aliphatic heterocycles. The molecule has 2 N–H and O–H groups in total. The van der Waals surface area contributed by atoms with Crippen LogP contribution in [0.1, 0.15) is 16.8 Å². The van der Waals surface area contributed by atoms with Crippen molar-refractivity contribution < 1.29 is 0 Å². The third-order valence-electron chi connectivity index (χ3n) is 4.04. The first-order valence-corrected chi connectivity index (χ1v) is 8.59. The van der Waals surface area contributed by atoms with Crippen molar-refractivity contribution in [3.63, 3.8) is 0 Å². The van der Waals surface area contributed by atoms with Crippen molar-refractivity contribution in [1.29, 1.82) is 0 Å². The van der Waals surface area contributed by atoms with Gasteiger partial charge in [-0.15, -0.1) is 0 Å². The number of benzene rings is 2. The van der Waals surface area contributed by atoms with Gasteiger partial charge in [-0.1, -0.05) is 54.1 Å². The minimum absolute atomic E-state index is 0.557. The summed E-state index contributed by atoms with van der Waals surface area (Å²) >= 11 is 6.48. The van der Waals surface area contributed by atoms with Crippen molar-refractivity contribution in [3.05, 3.63) is 76.6 Å². The number of rotatable bonds is 5. The van der Waals surface area contributed by atoms with Crippen molar-refractivity contribution in [1.82, 2.24) is 19.7 Å². The van der Waals surface area contributed by atoms with Gasteiger partial charge in [-0.3, -0.25) is 0 Å². The molecule has 4 rings (SSSR count). The number of imidazole rings is 1. The van der Waals surface area contributed by atoms with E-state index in [-0.39, 0.29) is 0 Å². The van der Waals surface area contributed by atoms with Crippen LogP contribution in [0.2, 0.25) is 5.15 Å². The second-order valence-electron chi connectivity index (χ2n) is 5.91. The zero-order chi connectivity index (χ0) is 17.9. The van der Waals surface area contributed by atoms with E-state index in [9.17, 15) is 0 Å². The molecule has 0 radical (unpaired) electrons. The second-order valence-corrected chi connectivity index (χ2v) is 6.26. The largest absolute Gasteiger partial charge is 0.323 e. The standard InChI is InChI=1S/C19H17ClN6/c1-13-15(18(20)26(25-13)12-14-7-3-2-4-8-14)11-21-24-19-22-16-9-5-6-10-17(16)23-19/h2-11H,12H2,1H3,(H2,22,23,24)/b21-11-. The summed E-state index contributed by atoms with van der Waals surface area (Å²) in [6, 6.07) is 17.9. The molecule has 0 bridgehead atoms. The molecule has 2 aromatic carbocycles. The van der Waals surface area contributed by atoms with Gasteiger partial charge < -0.3 is 4.98 Å². The molecule has 0 fully saturated rings. The number of hydrazone groups is 1. The molecule has 0 saturated heterocycles. The molecule has 0 amide bonds. The van der Waals surface area contributed by atoms with Gasteiger partial charge >= 0.3 is 0 Å². The monoisotopic (exact) mass is 364 g/mol.